The van der Waals surface area contributed by atoms with Crippen LogP contribution in [-0.4, -0.2) is 29.8 Å². The van der Waals surface area contributed by atoms with Crippen molar-refractivity contribution in [3.63, 3.8) is 0 Å². The van der Waals surface area contributed by atoms with Crippen molar-refractivity contribution in [1.29, 1.82) is 0 Å². The van der Waals surface area contributed by atoms with Gasteiger partial charge >= 0.3 is 0 Å². The summed E-state index contributed by atoms with van der Waals surface area (Å²) in [6.07, 6.45) is 6.77. The maximum atomic E-state index is 12.5. The highest BCUT2D eigenvalue weighted by Crippen LogP contribution is 2.37. The van der Waals surface area contributed by atoms with Crippen LogP contribution in [0, 0.1) is 11.8 Å². The first-order valence-corrected chi connectivity index (χ1v) is 9.25. The van der Waals surface area contributed by atoms with E-state index in [-0.39, 0.29) is 17.7 Å². The molecular formula is C20H28N2O2. The molecule has 1 saturated carbocycles. The maximum Gasteiger partial charge on any atom is 0.222 e. The van der Waals surface area contributed by atoms with E-state index >= 15 is 0 Å². The van der Waals surface area contributed by atoms with E-state index in [4.69, 9.17) is 5.73 Å². The number of hydrogen-bond acceptors (Lipinski definition) is 2. The third-order valence-corrected chi connectivity index (χ3v) is 5.83. The van der Waals surface area contributed by atoms with E-state index in [0.29, 0.717) is 31.3 Å². The Kier molecular flexibility index (Phi) is 5.54. The zero-order valence-corrected chi connectivity index (χ0v) is 14.3. The SMILES string of the molecule is NC(=O)C1CCN(C(=O)CC2CCC(c3ccccc3)CC2)CC1. The van der Waals surface area contributed by atoms with Gasteiger partial charge in [0, 0.05) is 25.4 Å². The summed E-state index contributed by atoms with van der Waals surface area (Å²) in [7, 11) is 0. The number of amides is 2. The van der Waals surface area contributed by atoms with Gasteiger partial charge in [-0.05, 0) is 55.9 Å². The summed E-state index contributed by atoms with van der Waals surface area (Å²) in [6, 6.07) is 10.7. The fourth-order valence-corrected chi connectivity index (χ4v) is 4.21. The number of carbonyl (C=O) groups excluding carboxylic acids is 2. The van der Waals surface area contributed by atoms with Crippen LogP contribution in [0.1, 0.15) is 56.4 Å². The molecule has 24 heavy (non-hydrogen) atoms. The minimum absolute atomic E-state index is 0.0460. The van der Waals surface area contributed by atoms with Crippen LogP contribution in [0.25, 0.3) is 0 Å². The van der Waals surface area contributed by atoms with E-state index < -0.39 is 0 Å². The van der Waals surface area contributed by atoms with Crippen molar-refractivity contribution in [2.45, 2.75) is 50.9 Å². The highest BCUT2D eigenvalue weighted by molar-refractivity contribution is 5.79. The first-order chi connectivity index (χ1) is 11.6. The molecule has 0 unspecified atom stereocenters. The Balaban J connectivity index is 1.43. The van der Waals surface area contributed by atoms with Crippen molar-refractivity contribution in [2.24, 2.45) is 17.6 Å². The van der Waals surface area contributed by atoms with Gasteiger partial charge in [-0.3, -0.25) is 9.59 Å². The van der Waals surface area contributed by atoms with Crippen LogP contribution in [0.4, 0.5) is 0 Å². The van der Waals surface area contributed by atoms with E-state index in [1.807, 2.05) is 4.90 Å². The molecule has 0 bridgehead atoms. The molecule has 1 aliphatic carbocycles. The van der Waals surface area contributed by atoms with E-state index in [1.165, 1.54) is 18.4 Å². The molecule has 0 spiro atoms. The first-order valence-electron chi connectivity index (χ1n) is 9.25. The fraction of sp³-hybridized carbons (Fsp3) is 0.600. The van der Waals surface area contributed by atoms with Crippen molar-refractivity contribution in [3.8, 4) is 0 Å². The number of rotatable bonds is 4. The average Bonchev–Trinajstić information content (AvgIpc) is 2.63. The predicted molar refractivity (Wildman–Crippen MR) is 94.3 cm³/mol. The van der Waals surface area contributed by atoms with Gasteiger partial charge in [0.15, 0.2) is 0 Å². The Hall–Kier alpha value is -1.84. The minimum atomic E-state index is -0.221. The number of likely N-dealkylation sites (tertiary alicyclic amines) is 1. The number of benzene rings is 1. The zero-order chi connectivity index (χ0) is 16.9. The molecule has 130 valence electrons. The molecular weight excluding hydrogens is 300 g/mol. The first kappa shape index (κ1) is 17.0. The van der Waals surface area contributed by atoms with Crippen LogP contribution in [0.2, 0.25) is 0 Å². The largest absolute Gasteiger partial charge is 0.369 e. The van der Waals surface area contributed by atoms with Gasteiger partial charge in [-0.25, -0.2) is 0 Å². The van der Waals surface area contributed by atoms with Crippen LogP contribution >= 0.6 is 0 Å². The minimum Gasteiger partial charge on any atom is -0.369 e. The number of nitrogens with two attached hydrogens (primary N) is 1. The van der Waals surface area contributed by atoms with Gasteiger partial charge in [-0.2, -0.15) is 0 Å². The van der Waals surface area contributed by atoms with Crippen LogP contribution in [-0.2, 0) is 9.59 Å². The molecule has 2 aliphatic rings. The van der Waals surface area contributed by atoms with Gasteiger partial charge in [0.1, 0.15) is 0 Å². The predicted octanol–water partition coefficient (Wildman–Crippen LogP) is 3.07. The van der Waals surface area contributed by atoms with Gasteiger partial charge in [0.2, 0.25) is 11.8 Å². The van der Waals surface area contributed by atoms with Crippen LogP contribution in [0.15, 0.2) is 30.3 Å². The Morgan fingerprint density at radius 2 is 1.58 bits per heavy atom. The lowest BCUT2D eigenvalue weighted by atomic mass is 9.77. The summed E-state index contributed by atoms with van der Waals surface area (Å²) in [5.74, 6) is 1.17. The number of carbonyl (C=O) groups is 2. The number of hydrogen-bond donors (Lipinski definition) is 1. The smallest absolute Gasteiger partial charge is 0.222 e. The van der Waals surface area contributed by atoms with Crippen molar-refractivity contribution < 1.29 is 9.59 Å². The lowest BCUT2D eigenvalue weighted by Crippen LogP contribution is -2.42. The van der Waals surface area contributed by atoms with Crippen LogP contribution < -0.4 is 5.73 Å². The van der Waals surface area contributed by atoms with Crippen molar-refractivity contribution in [1.82, 2.24) is 4.90 Å². The summed E-state index contributed by atoms with van der Waals surface area (Å²) in [4.78, 5) is 25.7. The van der Waals surface area contributed by atoms with E-state index in [9.17, 15) is 9.59 Å². The molecule has 1 saturated heterocycles. The summed E-state index contributed by atoms with van der Waals surface area (Å²) in [6.45, 7) is 1.37. The second-order valence-corrected chi connectivity index (χ2v) is 7.39. The van der Waals surface area contributed by atoms with Crippen LogP contribution in [0.3, 0.4) is 0 Å². The molecule has 1 aromatic rings. The molecule has 0 radical (unpaired) electrons. The third kappa shape index (κ3) is 4.16. The zero-order valence-electron chi connectivity index (χ0n) is 14.3. The molecule has 4 nitrogen and oxygen atoms in total. The number of primary amides is 1. The van der Waals surface area contributed by atoms with Crippen molar-refractivity contribution in [3.05, 3.63) is 35.9 Å². The van der Waals surface area contributed by atoms with E-state index in [0.717, 1.165) is 25.7 Å². The quantitative estimate of drug-likeness (QED) is 0.923. The molecule has 4 heteroatoms. The molecule has 2 amide bonds. The monoisotopic (exact) mass is 328 g/mol. The molecule has 0 aromatic heterocycles. The average molecular weight is 328 g/mol. The summed E-state index contributed by atoms with van der Waals surface area (Å²) < 4.78 is 0. The standard InChI is InChI=1S/C20H28N2O2/c21-20(24)18-10-12-22(13-11-18)19(23)14-15-6-8-17(9-7-15)16-4-2-1-3-5-16/h1-5,15,17-18H,6-14H2,(H2,21,24). The summed E-state index contributed by atoms with van der Waals surface area (Å²) in [5.41, 5.74) is 6.80. The molecule has 1 heterocycles. The van der Waals surface area contributed by atoms with E-state index in [1.54, 1.807) is 0 Å². The van der Waals surface area contributed by atoms with Gasteiger partial charge in [0.05, 0.1) is 0 Å². The van der Waals surface area contributed by atoms with Crippen molar-refractivity contribution in [2.75, 3.05) is 13.1 Å². The third-order valence-electron chi connectivity index (χ3n) is 5.83. The highest BCUT2D eigenvalue weighted by atomic mass is 16.2. The lowest BCUT2D eigenvalue weighted by Gasteiger charge is -2.33. The second-order valence-electron chi connectivity index (χ2n) is 7.39. The van der Waals surface area contributed by atoms with Gasteiger partial charge in [-0.15, -0.1) is 0 Å². The van der Waals surface area contributed by atoms with Gasteiger partial charge in [-0.1, -0.05) is 30.3 Å². The van der Waals surface area contributed by atoms with Gasteiger partial charge in [0.25, 0.3) is 0 Å². The Bertz CT molecular complexity index is 556. The molecule has 2 N–H and O–H groups in total. The second kappa shape index (κ2) is 7.82. The molecule has 0 atom stereocenters. The van der Waals surface area contributed by atoms with Crippen molar-refractivity contribution >= 4 is 11.8 Å². The highest BCUT2D eigenvalue weighted by Gasteiger charge is 2.29. The normalized spacial score (nSPS) is 25.4. The fourth-order valence-electron chi connectivity index (χ4n) is 4.21. The Morgan fingerprint density at radius 1 is 0.958 bits per heavy atom. The topological polar surface area (TPSA) is 63.4 Å². The Morgan fingerprint density at radius 3 is 2.17 bits per heavy atom. The lowest BCUT2D eigenvalue weighted by molar-refractivity contribution is -0.136. The molecule has 1 aromatic carbocycles. The number of piperidine rings is 1. The molecule has 1 aliphatic heterocycles. The van der Waals surface area contributed by atoms with E-state index in [2.05, 4.69) is 30.3 Å². The summed E-state index contributed by atoms with van der Waals surface area (Å²) >= 11 is 0. The Labute approximate surface area is 144 Å². The van der Waals surface area contributed by atoms with Crippen LogP contribution in [0.5, 0.6) is 0 Å². The number of nitrogens with zero attached hydrogens (tertiary/aromatic N) is 1. The maximum absolute atomic E-state index is 12.5. The molecule has 3 rings (SSSR count). The van der Waals surface area contributed by atoms with Gasteiger partial charge < -0.3 is 10.6 Å². The summed E-state index contributed by atoms with van der Waals surface area (Å²) in [5, 5.41) is 0. The molecule has 2 fully saturated rings.